The summed E-state index contributed by atoms with van der Waals surface area (Å²) in [6.45, 7) is 1.80. The Balaban J connectivity index is 1.77. The van der Waals surface area contributed by atoms with E-state index in [1.165, 1.54) is 0 Å². The zero-order valence-electron chi connectivity index (χ0n) is 13.0. The molecule has 0 bridgehead atoms. The Morgan fingerprint density at radius 3 is 2.70 bits per heavy atom. The molecule has 2 N–H and O–H groups in total. The van der Waals surface area contributed by atoms with E-state index in [9.17, 15) is 9.90 Å². The summed E-state index contributed by atoms with van der Waals surface area (Å²) in [5.41, 5.74) is 2.02. The molecule has 0 saturated heterocycles. The molecule has 1 saturated carbocycles. The molecule has 1 aliphatic rings. The highest BCUT2D eigenvalue weighted by Crippen LogP contribution is 2.20. The van der Waals surface area contributed by atoms with Gasteiger partial charge in [-0.15, -0.1) is 0 Å². The number of amides is 1. The summed E-state index contributed by atoms with van der Waals surface area (Å²) >= 11 is 5.89. The van der Waals surface area contributed by atoms with Gasteiger partial charge in [-0.2, -0.15) is 5.10 Å². The molecule has 2 atom stereocenters. The average Bonchev–Trinajstić information content (AvgIpc) is 2.92. The minimum absolute atomic E-state index is 0.172. The summed E-state index contributed by atoms with van der Waals surface area (Å²) in [5.74, 6) is -0.186. The number of hydrogen-bond acceptors (Lipinski definition) is 3. The first-order valence-corrected chi connectivity index (χ1v) is 8.23. The fraction of sp³-hybridized carbons (Fsp3) is 0.412. The number of nitrogens with zero attached hydrogens (tertiary/aromatic N) is 2. The molecule has 1 amide bonds. The molecule has 5 nitrogen and oxygen atoms in total. The standard InChI is InChI=1S/C17H20ClN3O2/c1-11-14(17(23)19-15-4-2-3-5-16(15)22)10-21(20-11)13-8-6-12(18)7-9-13/h6-10,15-16,22H,2-5H2,1H3,(H,19,23). The lowest BCUT2D eigenvalue weighted by Gasteiger charge is -2.28. The average molecular weight is 334 g/mol. The smallest absolute Gasteiger partial charge is 0.255 e. The summed E-state index contributed by atoms with van der Waals surface area (Å²) in [6.07, 6.45) is 4.86. The Morgan fingerprint density at radius 1 is 1.30 bits per heavy atom. The second kappa shape index (κ2) is 6.72. The number of rotatable bonds is 3. The van der Waals surface area contributed by atoms with E-state index in [4.69, 9.17) is 11.6 Å². The van der Waals surface area contributed by atoms with Gasteiger partial charge in [0.15, 0.2) is 0 Å². The van der Waals surface area contributed by atoms with Crippen molar-refractivity contribution < 1.29 is 9.90 Å². The molecule has 2 aromatic rings. The molecule has 1 aromatic carbocycles. The van der Waals surface area contributed by atoms with Crippen molar-refractivity contribution >= 4 is 17.5 Å². The predicted molar refractivity (Wildman–Crippen MR) is 89.0 cm³/mol. The van der Waals surface area contributed by atoms with Crippen LogP contribution < -0.4 is 5.32 Å². The van der Waals surface area contributed by atoms with Gasteiger partial charge in [0.25, 0.3) is 5.91 Å². The van der Waals surface area contributed by atoms with E-state index in [0.29, 0.717) is 16.3 Å². The van der Waals surface area contributed by atoms with E-state index >= 15 is 0 Å². The molecule has 6 heteroatoms. The number of halogens is 1. The van der Waals surface area contributed by atoms with E-state index in [0.717, 1.165) is 31.4 Å². The molecule has 23 heavy (non-hydrogen) atoms. The number of aryl methyl sites for hydroxylation is 1. The monoisotopic (exact) mass is 333 g/mol. The Hall–Kier alpha value is -1.85. The van der Waals surface area contributed by atoms with Crippen LogP contribution in [0.15, 0.2) is 30.5 Å². The van der Waals surface area contributed by atoms with Gasteiger partial charge in [0.1, 0.15) is 0 Å². The van der Waals surface area contributed by atoms with Crippen molar-refractivity contribution in [3.05, 3.63) is 46.7 Å². The first-order valence-electron chi connectivity index (χ1n) is 7.86. The van der Waals surface area contributed by atoms with Gasteiger partial charge in [0, 0.05) is 11.2 Å². The van der Waals surface area contributed by atoms with Crippen LogP contribution in [0.3, 0.4) is 0 Å². The van der Waals surface area contributed by atoms with Crippen molar-refractivity contribution in [1.82, 2.24) is 15.1 Å². The zero-order valence-corrected chi connectivity index (χ0v) is 13.8. The Kier molecular flexibility index (Phi) is 4.68. The van der Waals surface area contributed by atoms with Gasteiger partial charge in [0.05, 0.1) is 29.1 Å². The molecule has 0 aliphatic heterocycles. The lowest BCUT2D eigenvalue weighted by molar-refractivity contribution is 0.0717. The highest BCUT2D eigenvalue weighted by molar-refractivity contribution is 6.30. The van der Waals surface area contributed by atoms with Crippen molar-refractivity contribution in [1.29, 1.82) is 0 Å². The van der Waals surface area contributed by atoms with Crippen LogP contribution in [0.4, 0.5) is 0 Å². The van der Waals surface area contributed by atoms with Gasteiger partial charge in [-0.1, -0.05) is 24.4 Å². The Bertz CT molecular complexity index is 696. The largest absolute Gasteiger partial charge is 0.391 e. The summed E-state index contributed by atoms with van der Waals surface area (Å²) in [7, 11) is 0. The topological polar surface area (TPSA) is 67.2 Å². The van der Waals surface area contributed by atoms with Gasteiger partial charge < -0.3 is 10.4 Å². The SMILES string of the molecule is Cc1nn(-c2ccc(Cl)cc2)cc1C(=O)NC1CCCCC1O. The molecule has 1 heterocycles. The minimum atomic E-state index is -0.459. The number of aliphatic hydroxyl groups excluding tert-OH is 1. The van der Waals surface area contributed by atoms with E-state index in [2.05, 4.69) is 10.4 Å². The van der Waals surface area contributed by atoms with Crippen LogP contribution in [0.2, 0.25) is 5.02 Å². The van der Waals surface area contributed by atoms with Crippen LogP contribution in [0.5, 0.6) is 0 Å². The maximum absolute atomic E-state index is 12.5. The van der Waals surface area contributed by atoms with Crippen LogP contribution >= 0.6 is 11.6 Å². The summed E-state index contributed by atoms with van der Waals surface area (Å²) < 4.78 is 1.66. The molecule has 1 aromatic heterocycles. The predicted octanol–water partition coefficient (Wildman–Crippen LogP) is 2.87. The fourth-order valence-electron chi connectivity index (χ4n) is 2.93. The summed E-state index contributed by atoms with van der Waals surface area (Å²) in [6, 6.07) is 7.09. The van der Waals surface area contributed by atoms with Crippen molar-refractivity contribution in [2.24, 2.45) is 0 Å². The fourth-order valence-corrected chi connectivity index (χ4v) is 3.06. The van der Waals surface area contributed by atoms with Gasteiger partial charge in [-0.05, 0) is 44.0 Å². The molecule has 0 spiro atoms. The molecule has 122 valence electrons. The van der Waals surface area contributed by atoms with Crippen LogP contribution in [0.25, 0.3) is 5.69 Å². The van der Waals surface area contributed by atoms with E-state index in [-0.39, 0.29) is 11.9 Å². The number of aromatic nitrogens is 2. The van der Waals surface area contributed by atoms with Crippen LogP contribution in [-0.2, 0) is 0 Å². The maximum atomic E-state index is 12.5. The number of carbonyl (C=O) groups excluding carboxylic acids is 1. The van der Waals surface area contributed by atoms with Gasteiger partial charge in [0.2, 0.25) is 0 Å². The lowest BCUT2D eigenvalue weighted by atomic mass is 9.92. The minimum Gasteiger partial charge on any atom is -0.391 e. The Labute approximate surface area is 140 Å². The highest BCUT2D eigenvalue weighted by atomic mass is 35.5. The second-order valence-corrected chi connectivity index (χ2v) is 6.42. The number of aliphatic hydroxyl groups is 1. The molecule has 1 fully saturated rings. The van der Waals surface area contributed by atoms with E-state index in [1.807, 2.05) is 12.1 Å². The third-order valence-electron chi connectivity index (χ3n) is 4.28. The molecule has 2 unspecified atom stereocenters. The normalized spacial score (nSPS) is 21.2. The number of carbonyl (C=O) groups is 1. The van der Waals surface area contributed by atoms with Gasteiger partial charge >= 0.3 is 0 Å². The first-order chi connectivity index (χ1) is 11.0. The van der Waals surface area contributed by atoms with Gasteiger partial charge in [-0.3, -0.25) is 4.79 Å². The molecular formula is C17H20ClN3O2. The van der Waals surface area contributed by atoms with Crippen molar-refractivity contribution in [3.63, 3.8) is 0 Å². The number of hydrogen-bond donors (Lipinski definition) is 2. The van der Waals surface area contributed by atoms with Crippen LogP contribution in [-0.4, -0.2) is 32.9 Å². The third kappa shape index (κ3) is 3.57. The third-order valence-corrected chi connectivity index (χ3v) is 4.53. The number of benzene rings is 1. The lowest BCUT2D eigenvalue weighted by Crippen LogP contribution is -2.45. The number of nitrogens with one attached hydrogen (secondary N) is 1. The maximum Gasteiger partial charge on any atom is 0.255 e. The van der Waals surface area contributed by atoms with E-state index in [1.54, 1.807) is 29.9 Å². The quantitative estimate of drug-likeness (QED) is 0.907. The van der Waals surface area contributed by atoms with Crippen molar-refractivity contribution in [2.45, 2.75) is 44.8 Å². The summed E-state index contributed by atoms with van der Waals surface area (Å²) in [5, 5.41) is 18.0. The summed E-state index contributed by atoms with van der Waals surface area (Å²) in [4.78, 5) is 12.5. The molecule has 3 rings (SSSR count). The van der Waals surface area contributed by atoms with Crippen LogP contribution in [0, 0.1) is 6.92 Å². The van der Waals surface area contributed by atoms with Crippen molar-refractivity contribution in [3.8, 4) is 5.69 Å². The van der Waals surface area contributed by atoms with Crippen LogP contribution in [0.1, 0.15) is 41.7 Å². The molecule has 0 radical (unpaired) electrons. The second-order valence-electron chi connectivity index (χ2n) is 5.98. The molecule has 1 aliphatic carbocycles. The Morgan fingerprint density at radius 2 is 2.00 bits per heavy atom. The van der Waals surface area contributed by atoms with E-state index < -0.39 is 6.10 Å². The highest BCUT2D eigenvalue weighted by Gasteiger charge is 2.26. The molecular weight excluding hydrogens is 314 g/mol. The first kappa shape index (κ1) is 16.0. The van der Waals surface area contributed by atoms with Crippen molar-refractivity contribution in [2.75, 3.05) is 0 Å². The zero-order chi connectivity index (χ0) is 16.4. The van der Waals surface area contributed by atoms with Gasteiger partial charge in [-0.25, -0.2) is 4.68 Å².